The first-order valence-corrected chi connectivity index (χ1v) is 6.08. The second-order valence-electron chi connectivity index (χ2n) is 4.62. The van der Waals surface area contributed by atoms with Crippen LogP contribution >= 0.6 is 0 Å². The summed E-state index contributed by atoms with van der Waals surface area (Å²) in [6, 6.07) is 12.9. The van der Waals surface area contributed by atoms with Gasteiger partial charge in [-0.25, -0.2) is 0 Å². The van der Waals surface area contributed by atoms with Crippen molar-refractivity contribution in [2.24, 2.45) is 0 Å². The van der Waals surface area contributed by atoms with Crippen molar-refractivity contribution in [1.29, 1.82) is 0 Å². The van der Waals surface area contributed by atoms with E-state index in [0.29, 0.717) is 6.54 Å². The molecule has 2 aromatic carbocycles. The second-order valence-corrected chi connectivity index (χ2v) is 4.62. The molecule has 0 aliphatic heterocycles. The van der Waals surface area contributed by atoms with Gasteiger partial charge in [-0.05, 0) is 42.0 Å². The molecule has 0 saturated heterocycles. The van der Waals surface area contributed by atoms with Gasteiger partial charge < -0.3 is 20.4 Å². The van der Waals surface area contributed by atoms with Crippen molar-refractivity contribution in [1.82, 2.24) is 0 Å². The van der Waals surface area contributed by atoms with E-state index in [1.807, 2.05) is 43.3 Å². The first-order valence-electron chi connectivity index (χ1n) is 6.08. The van der Waals surface area contributed by atoms with Gasteiger partial charge in [0.05, 0.1) is 0 Å². The highest BCUT2D eigenvalue weighted by Crippen LogP contribution is 2.25. The fourth-order valence-corrected chi connectivity index (χ4v) is 1.76. The highest BCUT2D eigenvalue weighted by Gasteiger charge is 2.01. The third-order valence-electron chi connectivity index (χ3n) is 2.92. The molecule has 0 amide bonds. The van der Waals surface area contributed by atoms with Crippen LogP contribution in [-0.2, 0) is 6.54 Å². The molecular weight excluding hydrogens is 240 g/mol. The minimum atomic E-state index is -0.0981. The predicted molar refractivity (Wildman–Crippen MR) is 77.9 cm³/mol. The lowest BCUT2D eigenvalue weighted by Gasteiger charge is -2.13. The van der Waals surface area contributed by atoms with E-state index >= 15 is 0 Å². The van der Waals surface area contributed by atoms with Crippen molar-refractivity contribution in [2.45, 2.75) is 6.54 Å². The van der Waals surface area contributed by atoms with Crippen molar-refractivity contribution in [2.75, 3.05) is 24.3 Å². The Bertz CT molecular complexity index is 551. The maximum Gasteiger partial charge on any atom is 0.157 e. The Morgan fingerprint density at radius 2 is 1.63 bits per heavy atom. The van der Waals surface area contributed by atoms with Crippen LogP contribution in [0.1, 0.15) is 5.56 Å². The van der Waals surface area contributed by atoms with Gasteiger partial charge in [0, 0.05) is 32.0 Å². The Morgan fingerprint density at radius 1 is 0.947 bits per heavy atom. The number of phenolic OH excluding ortho intramolecular Hbond substituents is 2. The molecule has 100 valence electrons. The van der Waals surface area contributed by atoms with Crippen molar-refractivity contribution in [3.8, 4) is 11.5 Å². The Kier molecular flexibility index (Phi) is 3.80. The van der Waals surface area contributed by atoms with Crippen molar-refractivity contribution in [3.63, 3.8) is 0 Å². The molecule has 2 rings (SSSR count). The van der Waals surface area contributed by atoms with Crippen molar-refractivity contribution < 1.29 is 10.2 Å². The fraction of sp³-hybridized carbons (Fsp3) is 0.200. The van der Waals surface area contributed by atoms with Gasteiger partial charge in [0.1, 0.15) is 0 Å². The average molecular weight is 258 g/mol. The summed E-state index contributed by atoms with van der Waals surface area (Å²) in [5.74, 6) is -0.193. The molecule has 0 radical (unpaired) electrons. The normalized spacial score (nSPS) is 10.2. The molecule has 0 saturated carbocycles. The van der Waals surface area contributed by atoms with Gasteiger partial charge >= 0.3 is 0 Å². The summed E-state index contributed by atoms with van der Waals surface area (Å²) in [5, 5.41) is 21.9. The summed E-state index contributed by atoms with van der Waals surface area (Å²) in [7, 11) is 4.00. The van der Waals surface area contributed by atoms with E-state index in [-0.39, 0.29) is 11.5 Å². The van der Waals surface area contributed by atoms with Gasteiger partial charge in [-0.1, -0.05) is 6.07 Å². The lowest BCUT2D eigenvalue weighted by atomic mass is 10.2. The smallest absolute Gasteiger partial charge is 0.157 e. The summed E-state index contributed by atoms with van der Waals surface area (Å²) in [6.45, 7) is 0.592. The van der Waals surface area contributed by atoms with Crippen LogP contribution in [-0.4, -0.2) is 24.3 Å². The number of hydrogen-bond donors (Lipinski definition) is 3. The standard InChI is InChI=1S/C15H18N2O2/c1-17(2)13-6-4-12(5-7-13)16-10-11-3-8-14(18)15(19)9-11/h3-9,16,18-19H,10H2,1-2H3. The number of hydrogen-bond acceptors (Lipinski definition) is 4. The van der Waals surface area contributed by atoms with Gasteiger partial charge in [0.2, 0.25) is 0 Å². The molecule has 0 heterocycles. The minimum absolute atomic E-state index is 0.0951. The third-order valence-corrected chi connectivity index (χ3v) is 2.92. The van der Waals surface area contributed by atoms with Crippen LogP contribution < -0.4 is 10.2 Å². The Balaban J connectivity index is 2.00. The monoisotopic (exact) mass is 258 g/mol. The molecule has 0 unspecified atom stereocenters. The van der Waals surface area contributed by atoms with Crippen molar-refractivity contribution in [3.05, 3.63) is 48.0 Å². The van der Waals surface area contributed by atoms with E-state index in [1.165, 1.54) is 6.07 Å². The van der Waals surface area contributed by atoms with Gasteiger partial charge in [-0.15, -0.1) is 0 Å². The van der Waals surface area contributed by atoms with Crippen LogP contribution in [0.15, 0.2) is 42.5 Å². The first-order chi connectivity index (χ1) is 9.06. The van der Waals surface area contributed by atoms with Crippen LogP contribution in [0.25, 0.3) is 0 Å². The van der Waals surface area contributed by atoms with E-state index in [0.717, 1.165) is 16.9 Å². The zero-order chi connectivity index (χ0) is 13.8. The number of nitrogens with zero attached hydrogens (tertiary/aromatic N) is 1. The van der Waals surface area contributed by atoms with E-state index < -0.39 is 0 Å². The summed E-state index contributed by atoms with van der Waals surface area (Å²) in [4.78, 5) is 2.04. The Morgan fingerprint density at radius 3 is 2.21 bits per heavy atom. The van der Waals surface area contributed by atoms with E-state index in [2.05, 4.69) is 5.32 Å². The topological polar surface area (TPSA) is 55.7 Å². The van der Waals surface area contributed by atoms with E-state index in [4.69, 9.17) is 0 Å². The van der Waals surface area contributed by atoms with Crippen LogP contribution in [0.5, 0.6) is 11.5 Å². The number of phenols is 2. The molecule has 4 nitrogen and oxygen atoms in total. The Hall–Kier alpha value is -2.36. The highest BCUT2D eigenvalue weighted by atomic mass is 16.3. The molecule has 2 aromatic rings. The molecule has 3 N–H and O–H groups in total. The number of anilines is 2. The SMILES string of the molecule is CN(C)c1ccc(NCc2ccc(O)c(O)c2)cc1. The molecule has 0 atom stereocenters. The molecule has 0 spiro atoms. The summed E-state index contributed by atoms with van der Waals surface area (Å²) >= 11 is 0. The lowest BCUT2D eigenvalue weighted by molar-refractivity contribution is 0.403. The zero-order valence-corrected chi connectivity index (χ0v) is 11.1. The van der Waals surface area contributed by atoms with Crippen LogP contribution in [0.2, 0.25) is 0 Å². The molecule has 0 aliphatic rings. The maximum absolute atomic E-state index is 9.41. The minimum Gasteiger partial charge on any atom is -0.504 e. The van der Waals surface area contributed by atoms with Crippen LogP contribution in [0.3, 0.4) is 0 Å². The average Bonchev–Trinajstić information content (AvgIpc) is 2.40. The summed E-state index contributed by atoms with van der Waals surface area (Å²) in [6.07, 6.45) is 0. The molecule has 4 heteroatoms. The number of benzene rings is 2. The maximum atomic E-state index is 9.41. The Labute approximate surface area is 112 Å². The van der Waals surface area contributed by atoms with Gasteiger partial charge in [0.15, 0.2) is 11.5 Å². The number of nitrogens with one attached hydrogen (secondary N) is 1. The highest BCUT2D eigenvalue weighted by molar-refractivity contribution is 5.54. The third kappa shape index (κ3) is 3.31. The fourth-order valence-electron chi connectivity index (χ4n) is 1.76. The van der Waals surface area contributed by atoms with E-state index in [9.17, 15) is 10.2 Å². The molecule has 0 aromatic heterocycles. The van der Waals surface area contributed by atoms with Gasteiger partial charge in [-0.3, -0.25) is 0 Å². The zero-order valence-electron chi connectivity index (χ0n) is 11.1. The van der Waals surface area contributed by atoms with Crippen LogP contribution in [0, 0.1) is 0 Å². The molecule has 0 aliphatic carbocycles. The molecule has 0 bridgehead atoms. The lowest BCUT2D eigenvalue weighted by Crippen LogP contribution is -2.08. The molecular formula is C15H18N2O2. The predicted octanol–water partition coefficient (Wildman–Crippen LogP) is 2.78. The first kappa shape index (κ1) is 13.1. The molecule has 19 heavy (non-hydrogen) atoms. The van der Waals surface area contributed by atoms with E-state index in [1.54, 1.807) is 12.1 Å². The number of aromatic hydroxyl groups is 2. The van der Waals surface area contributed by atoms with Gasteiger partial charge in [0.25, 0.3) is 0 Å². The second kappa shape index (κ2) is 5.52. The van der Waals surface area contributed by atoms with Crippen LogP contribution in [0.4, 0.5) is 11.4 Å². The van der Waals surface area contributed by atoms with Gasteiger partial charge in [-0.2, -0.15) is 0 Å². The number of rotatable bonds is 4. The summed E-state index contributed by atoms with van der Waals surface area (Å²) < 4.78 is 0. The largest absolute Gasteiger partial charge is 0.504 e. The summed E-state index contributed by atoms with van der Waals surface area (Å²) in [5.41, 5.74) is 3.07. The quantitative estimate of drug-likeness (QED) is 0.738. The molecule has 0 fully saturated rings. The van der Waals surface area contributed by atoms with Crippen molar-refractivity contribution >= 4 is 11.4 Å².